The lowest BCUT2D eigenvalue weighted by Crippen LogP contribution is -2.32. The van der Waals surface area contributed by atoms with Crippen LogP contribution in [0.3, 0.4) is 0 Å². The number of benzene rings is 1. The fourth-order valence-corrected chi connectivity index (χ4v) is 1.72. The van der Waals surface area contributed by atoms with E-state index in [0.717, 1.165) is 6.42 Å². The highest BCUT2D eigenvalue weighted by Crippen LogP contribution is 2.21. The molecule has 0 bridgehead atoms. The second kappa shape index (κ2) is 7.09. The lowest BCUT2D eigenvalue weighted by Gasteiger charge is -2.16. The Kier molecular flexibility index (Phi) is 5.76. The van der Waals surface area contributed by atoms with Gasteiger partial charge in [-0.05, 0) is 31.0 Å². The van der Waals surface area contributed by atoms with Crippen LogP contribution in [0.2, 0.25) is 0 Å². The zero-order valence-electron chi connectivity index (χ0n) is 11.6. The van der Waals surface area contributed by atoms with Crippen LogP contribution < -0.4 is 15.8 Å². The number of hydrogen-bond acceptors (Lipinski definition) is 3. The molecule has 106 valence electrons. The summed E-state index contributed by atoms with van der Waals surface area (Å²) in [7, 11) is 1.41. The van der Waals surface area contributed by atoms with E-state index in [0.29, 0.717) is 5.56 Å². The van der Waals surface area contributed by atoms with Gasteiger partial charge in [0.15, 0.2) is 11.6 Å². The molecule has 1 aromatic rings. The maximum Gasteiger partial charge on any atom is 0.222 e. The first-order valence-corrected chi connectivity index (χ1v) is 6.36. The minimum atomic E-state index is -0.439. The third-order valence-electron chi connectivity index (χ3n) is 3.03. The highest BCUT2D eigenvalue weighted by atomic mass is 19.1. The van der Waals surface area contributed by atoms with E-state index in [1.807, 2.05) is 6.92 Å². The van der Waals surface area contributed by atoms with Gasteiger partial charge < -0.3 is 15.8 Å². The molecule has 3 N–H and O–H groups in total. The summed E-state index contributed by atoms with van der Waals surface area (Å²) < 4.78 is 18.4. The molecule has 19 heavy (non-hydrogen) atoms. The Morgan fingerprint density at radius 3 is 2.74 bits per heavy atom. The largest absolute Gasteiger partial charge is 0.494 e. The number of nitrogens with two attached hydrogens (primary N) is 1. The van der Waals surface area contributed by atoms with Gasteiger partial charge >= 0.3 is 0 Å². The number of carbonyl (C=O) groups excluding carboxylic acids is 1. The van der Waals surface area contributed by atoms with E-state index in [1.54, 1.807) is 19.1 Å². The lowest BCUT2D eigenvalue weighted by atomic mass is 10.1. The SMILES string of the molecule is CCC(N)CC(=O)NC(C)c1ccc(OC)c(F)c1. The fourth-order valence-electron chi connectivity index (χ4n) is 1.72. The van der Waals surface area contributed by atoms with Crippen LogP contribution in [0.5, 0.6) is 5.75 Å². The molecule has 2 atom stereocenters. The summed E-state index contributed by atoms with van der Waals surface area (Å²) in [5.74, 6) is -0.375. The Morgan fingerprint density at radius 2 is 2.21 bits per heavy atom. The summed E-state index contributed by atoms with van der Waals surface area (Å²) in [5.41, 5.74) is 6.40. The molecule has 0 saturated heterocycles. The Labute approximate surface area is 113 Å². The van der Waals surface area contributed by atoms with Gasteiger partial charge in [-0.2, -0.15) is 0 Å². The predicted molar refractivity (Wildman–Crippen MR) is 72.4 cm³/mol. The number of amides is 1. The van der Waals surface area contributed by atoms with Gasteiger partial charge in [-0.15, -0.1) is 0 Å². The molecule has 0 spiro atoms. The second-order valence-electron chi connectivity index (χ2n) is 4.56. The van der Waals surface area contributed by atoms with E-state index < -0.39 is 5.82 Å². The first-order valence-electron chi connectivity index (χ1n) is 6.36. The fraction of sp³-hybridized carbons (Fsp3) is 0.500. The van der Waals surface area contributed by atoms with Gasteiger partial charge in [0.05, 0.1) is 13.2 Å². The molecule has 0 fully saturated rings. The van der Waals surface area contributed by atoms with Crippen molar-refractivity contribution in [2.45, 2.75) is 38.8 Å². The molecule has 1 aromatic carbocycles. The third kappa shape index (κ3) is 4.52. The zero-order chi connectivity index (χ0) is 14.4. The quantitative estimate of drug-likeness (QED) is 0.830. The molecule has 0 aliphatic heterocycles. The Morgan fingerprint density at radius 1 is 1.53 bits per heavy atom. The van der Waals surface area contributed by atoms with Crippen LogP contribution in [0.1, 0.15) is 38.3 Å². The van der Waals surface area contributed by atoms with E-state index in [9.17, 15) is 9.18 Å². The maximum absolute atomic E-state index is 13.6. The molecular weight excluding hydrogens is 247 g/mol. The van der Waals surface area contributed by atoms with Crippen LogP contribution in [-0.2, 0) is 4.79 Å². The number of carbonyl (C=O) groups is 1. The third-order valence-corrected chi connectivity index (χ3v) is 3.03. The van der Waals surface area contributed by atoms with E-state index >= 15 is 0 Å². The molecule has 0 aliphatic carbocycles. The van der Waals surface area contributed by atoms with Crippen molar-refractivity contribution in [1.29, 1.82) is 0 Å². The van der Waals surface area contributed by atoms with E-state index in [-0.39, 0.29) is 30.2 Å². The van der Waals surface area contributed by atoms with E-state index in [2.05, 4.69) is 5.32 Å². The van der Waals surface area contributed by atoms with Crippen LogP contribution in [0.25, 0.3) is 0 Å². The second-order valence-corrected chi connectivity index (χ2v) is 4.56. The zero-order valence-corrected chi connectivity index (χ0v) is 11.6. The number of hydrogen-bond donors (Lipinski definition) is 2. The number of ether oxygens (including phenoxy) is 1. The van der Waals surface area contributed by atoms with Gasteiger partial charge in [0.25, 0.3) is 0 Å². The van der Waals surface area contributed by atoms with Gasteiger partial charge in [-0.1, -0.05) is 13.0 Å². The standard InChI is InChI=1S/C14H21FN2O2/c1-4-11(16)8-14(18)17-9(2)10-5-6-13(19-3)12(15)7-10/h5-7,9,11H,4,8,16H2,1-3H3,(H,17,18). The predicted octanol–water partition coefficient (Wildman–Crippen LogP) is 2.14. The Balaban J connectivity index is 2.65. The summed E-state index contributed by atoms with van der Waals surface area (Å²) in [5, 5.41) is 2.80. The molecule has 5 heteroatoms. The molecule has 0 saturated carbocycles. The highest BCUT2D eigenvalue weighted by molar-refractivity contribution is 5.77. The van der Waals surface area contributed by atoms with Crippen molar-refractivity contribution >= 4 is 5.91 Å². The van der Waals surface area contributed by atoms with Gasteiger partial charge in [-0.25, -0.2) is 4.39 Å². The van der Waals surface area contributed by atoms with Crippen molar-refractivity contribution in [1.82, 2.24) is 5.32 Å². The summed E-state index contributed by atoms with van der Waals surface area (Å²) in [6.07, 6.45) is 1.03. The van der Waals surface area contributed by atoms with Gasteiger partial charge in [-0.3, -0.25) is 4.79 Å². The highest BCUT2D eigenvalue weighted by Gasteiger charge is 2.13. The molecule has 1 rings (SSSR count). The molecule has 0 radical (unpaired) electrons. The number of methoxy groups -OCH3 is 1. The smallest absolute Gasteiger partial charge is 0.222 e. The normalized spacial score (nSPS) is 13.7. The molecule has 1 amide bonds. The van der Waals surface area contributed by atoms with Crippen LogP contribution in [0.4, 0.5) is 4.39 Å². The monoisotopic (exact) mass is 268 g/mol. The van der Waals surface area contributed by atoms with Crippen molar-refractivity contribution in [3.63, 3.8) is 0 Å². The topological polar surface area (TPSA) is 64.4 Å². The van der Waals surface area contributed by atoms with Crippen molar-refractivity contribution < 1.29 is 13.9 Å². The Hall–Kier alpha value is -1.62. The van der Waals surface area contributed by atoms with Crippen molar-refractivity contribution in [2.75, 3.05) is 7.11 Å². The van der Waals surface area contributed by atoms with E-state index in [1.165, 1.54) is 13.2 Å². The van der Waals surface area contributed by atoms with Crippen LogP contribution in [0, 0.1) is 5.82 Å². The molecule has 0 aliphatic rings. The van der Waals surface area contributed by atoms with Gasteiger partial charge in [0.2, 0.25) is 5.91 Å². The maximum atomic E-state index is 13.6. The average molecular weight is 268 g/mol. The Bertz CT molecular complexity index is 437. The summed E-state index contributed by atoms with van der Waals surface area (Å²) in [4.78, 5) is 11.7. The van der Waals surface area contributed by atoms with E-state index in [4.69, 9.17) is 10.5 Å². The van der Waals surface area contributed by atoms with Crippen LogP contribution in [-0.4, -0.2) is 19.1 Å². The first-order chi connectivity index (χ1) is 8.97. The first kappa shape index (κ1) is 15.4. The number of nitrogens with one attached hydrogen (secondary N) is 1. The van der Waals surface area contributed by atoms with Crippen LogP contribution >= 0.6 is 0 Å². The van der Waals surface area contributed by atoms with Crippen molar-refractivity contribution in [3.05, 3.63) is 29.6 Å². The summed E-state index contributed by atoms with van der Waals surface area (Å²) >= 11 is 0. The van der Waals surface area contributed by atoms with Crippen molar-refractivity contribution in [3.8, 4) is 5.75 Å². The minimum absolute atomic E-state index is 0.127. The van der Waals surface area contributed by atoms with Crippen molar-refractivity contribution in [2.24, 2.45) is 5.73 Å². The lowest BCUT2D eigenvalue weighted by molar-refractivity contribution is -0.122. The average Bonchev–Trinajstić information content (AvgIpc) is 2.38. The van der Waals surface area contributed by atoms with Gasteiger partial charge in [0, 0.05) is 12.5 Å². The van der Waals surface area contributed by atoms with Gasteiger partial charge in [0.1, 0.15) is 0 Å². The summed E-state index contributed by atoms with van der Waals surface area (Å²) in [6.45, 7) is 3.73. The molecule has 4 nitrogen and oxygen atoms in total. The molecular formula is C14H21FN2O2. The number of halogens is 1. The number of rotatable bonds is 6. The van der Waals surface area contributed by atoms with Crippen LogP contribution in [0.15, 0.2) is 18.2 Å². The molecule has 2 unspecified atom stereocenters. The molecule has 0 aromatic heterocycles. The summed E-state index contributed by atoms with van der Waals surface area (Å²) in [6, 6.07) is 4.23. The minimum Gasteiger partial charge on any atom is -0.494 e. The molecule has 0 heterocycles.